The van der Waals surface area contributed by atoms with E-state index in [-0.39, 0.29) is 0 Å². The van der Waals surface area contributed by atoms with Gasteiger partial charge >= 0.3 is 0 Å². The summed E-state index contributed by atoms with van der Waals surface area (Å²) in [5.74, 6) is 3.05. The maximum Gasteiger partial charge on any atom is 0.122 e. The van der Waals surface area contributed by atoms with Gasteiger partial charge in [-0.1, -0.05) is 58.0 Å². The summed E-state index contributed by atoms with van der Waals surface area (Å²) >= 11 is 0. The standard InChI is InChI=1S/C22H28N2O/c1-16(2)18-10-5-8-13-21(18)25-15-9-14-24-20-12-7-6-11-19(20)23-22(24)17(3)4/h5-8,10-13,16-17H,9,14-15H2,1-4H3. The fourth-order valence-electron chi connectivity index (χ4n) is 3.26. The van der Waals surface area contributed by atoms with Crippen molar-refractivity contribution >= 4 is 11.0 Å². The Morgan fingerprint density at radius 1 is 0.920 bits per heavy atom. The first kappa shape index (κ1) is 17.5. The third-order valence-electron chi connectivity index (χ3n) is 4.53. The van der Waals surface area contributed by atoms with Crippen molar-refractivity contribution < 1.29 is 4.74 Å². The minimum Gasteiger partial charge on any atom is -0.493 e. The second kappa shape index (κ2) is 7.73. The van der Waals surface area contributed by atoms with Crippen LogP contribution < -0.4 is 4.74 Å². The maximum atomic E-state index is 6.08. The SMILES string of the molecule is CC(C)c1ccccc1OCCCn1c(C(C)C)nc2ccccc21. The van der Waals surface area contributed by atoms with Crippen LogP contribution in [0.2, 0.25) is 0 Å². The molecule has 0 fully saturated rings. The van der Waals surface area contributed by atoms with Crippen molar-refractivity contribution in [3.05, 3.63) is 59.9 Å². The topological polar surface area (TPSA) is 27.1 Å². The number of hydrogen-bond acceptors (Lipinski definition) is 2. The number of imidazole rings is 1. The number of ether oxygens (including phenoxy) is 1. The summed E-state index contributed by atoms with van der Waals surface area (Å²) in [4.78, 5) is 4.81. The molecule has 3 heteroatoms. The van der Waals surface area contributed by atoms with Crippen molar-refractivity contribution in [1.82, 2.24) is 9.55 Å². The molecule has 0 aliphatic heterocycles. The molecule has 0 atom stereocenters. The van der Waals surface area contributed by atoms with Gasteiger partial charge in [0.05, 0.1) is 17.6 Å². The van der Waals surface area contributed by atoms with Gasteiger partial charge in [0.1, 0.15) is 11.6 Å². The Hall–Kier alpha value is -2.29. The van der Waals surface area contributed by atoms with Crippen molar-refractivity contribution in [3.8, 4) is 5.75 Å². The van der Waals surface area contributed by atoms with Gasteiger partial charge < -0.3 is 9.30 Å². The number of benzene rings is 2. The second-order valence-electron chi connectivity index (χ2n) is 7.16. The lowest BCUT2D eigenvalue weighted by Crippen LogP contribution is -2.09. The van der Waals surface area contributed by atoms with Crippen LogP contribution in [0.25, 0.3) is 11.0 Å². The average Bonchev–Trinajstić information content (AvgIpc) is 2.98. The number of aromatic nitrogens is 2. The number of fused-ring (bicyclic) bond motifs is 1. The predicted octanol–water partition coefficient (Wildman–Crippen LogP) is 5.75. The van der Waals surface area contributed by atoms with Gasteiger partial charge in [-0.15, -0.1) is 0 Å². The zero-order valence-corrected chi connectivity index (χ0v) is 15.7. The molecule has 0 aliphatic carbocycles. The van der Waals surface area contributed by atoms with Gasteiger partial charge in [-0.3, -0.25) is 0 Å². The van der Waals surface area contributed by atoms with Crippen molar-refractivity contribution in [3.63, 3.8) is 0 Å². The van der Waals surface area contributed by atoms with E-state index < -0.39 is 0 Å². The molecule has 1 heterocycles. The minimum atomic E-state index is 0.412. The Labute approximate surface area is 150 Å². The number of rotatable bonds is 7. The van der Waals surface area contributed by atoms with E-state index in [1.54, 1.807) is 0 Å². The number of hydrogen-bond donors (Lipinski definition) is 0. The molecule has 3 nitrogen and oxygen atoms in total. The van der Waals surface area contributed by atoms with E-state index in [1.807, 2.05) is 6.07 Å². The molecule has 0 saturated carbocycles. The average molecular weight is 336 g/mol. The van der Waals surface area contributed by atoms with E-state index in [2.05, 4.69) is 74.7 Å². The highest BCUT2D eigenvalue weighted by molar-refractivity contribution is 5.76. The molecule has 0 saturated heterocycles. The maximum absolute atomic E-state index is 6.08. The normalized spacial score (nSPS) is 11.6. The molecule has 0 amide bonds. The van der Waals surface area contributed by atoms with Gasteiger partial charge in [0.2, 0.25) is 0 Å². The van der Waals surface area contributed by atoms with E-state index in [4.69, 9.17) is 9.72 Å². The van der Waals surface area contributed by atoms with Crippen LogP contribution in [0.1, 0.15) is 57.3 Å². The first-order valence-electron chi connectivity index (χ1n) is 9.24. The fraction of sp³-hybridized carbons (Fsp3) is 0.409. The molecule has 0 bridgehead atoms. The molecule has 1 aromatic heterocycles. The summed E-state index contributed by atoms with van der Waals surface area (Å²) < 4.78 is 8.42. The quantitative estimate of drug-likeness (QED) is 0.513. The molecule has 3 rings (SSSR count). The van der Waals surface area contributed by atoms with Crippen LogP contribution in [0.3, 0.4) is 0 Å². The van der Waals surface area contributed by atoms with Gasteiger partial charge in [-0.25, -0.2) is 4.98 Å². The van der Waals surface area contributed by atoms with Crippen LogP contribution in [0.15, 0.2) is 48.5 Å². The van der Waals surface area contributed by atoms with Crippen LogP contribution in [-0.4, -0.2) is 16.2 Å². The Bertz CT molecular complexity index is 833. The molecule has 0 spiro atoms. The zero-order valence-electron chi connectivity index (χ0n) is 15.7. The third-order valence-corrected chi connectivity index (χ3v) is 4.53. The van der Waals surface area contributed by atoms with Gasteiger partial charge in [-0.05, 0) is 36.1 Å². The van der Waals surface area contributed by atoms with Gasteiger partial charge in [0, 0.05) is 12.5 Å². The monoisotopic (exact) mass is 336 g/mol. The van der Waals surface area contributed by atoms with Crippen LogP contribution in [0.5, 0.6) is 5.75 Å². The molecule has 0 N–H and O–H groups in total. The van der Waals surface area contributed by atoms with Crippen molar-refractivity contribution in [2.45, 2.75) is 52.5 Å². The smallest absolute Gasteiger partial charge is 0.122 e. The van der Waals surface area contributed by atoms with E-state index in [1.165, 1.54) is 11.1 Å². The minimum absolute atomic E-state index is 0.412. The molecule has 3 aromatic rings. The summed E-state index contributed by atoms with van der Waals surface area (Å²) in [5, 5.41) is 0. The Kier molecular flexibility index (Phi) is 5.42. The van der Waals surface area contributed by atoms with Crippen LogP contribution in [0.4, 0.5) is 0 Å². The largest absolute Gasteiger partial charge is 0.493 e. The first-order valence-corrected chi connectivity index (χ1v) is 9.24. The van der Waals surface area contributed by atoms with Gasteiger partial charge in [0.15, 0.2) is 0 Å². The number of para-hydroxylation sites is 3. The Morgan fingerprint density at radius 2 is 1.64 bits per heavy atom. The summed E-state index contributed by atoms with van der Waals surface area (Å²) in [7, 11) is 0. The van der Waals surface area contributed by atoms with E-state index in [9.17, 15) is 0 Å². The lowest BCUT2D eigenvalue weighted by atomic mass is 10.0. The third kappa shape index (κ3) is 3.87. The van der Waals surface area contributed by atoms with Crippen molar-refractivity contribution in [2.24, 2.45) is 0 Å². The Morgan fingerprint density at radius 3 is 2.40 bits per heavy atom. The predicted molar refractivity (Wildman–Crippen MR) is 104 cm³/mol. The van der Waals surface area contributed by atoms with Crippen LogP contribution in [0, 0.1) is 0 Å². The lowest BCUT2D eigenvalue weighted by Gasteiger charge is -2.15. The number of nitrogens with zero attached hydrogens (tertiary/aromatic N) is 2. The molecule has 25 heavy (non-hydrogen) atoms. The summed E-state index contributed by atoms with van der Waals surface area (Å²) in [6.45, 7) is 10.5. The summed E-state index contributed by atoms with van der Waals surface area (Å²) in [6, 6.07) is 16.7. The highest BCUT2D eigenvalue weighted by Crippen LogP contribution is 2.26. The van der Waals surface area contributed by atoms with Crippen molar-refractivity contribution in [2.75, 3.05) is 6.61 Å². The molecule has 0 unspecified atom stereocenters. The van der Waals surface area contributed by atoms with E-state index in [0.717, 1.165) is 30.1 Å². The molecule has 132 valence electrons. The van der Waals surface area contributed by atoms with Crippen LogP contribution in [-0.2, 0) is 6.54 Å². The first-order chi connectivity index (χ1) is 12.1. The lowest BCUT2D eigenvalue weighted by molar-refractivity contribution is 0.297. The molecule has 2 aromatic carbocycles. The van der Waals surface area contributed by atoms with Crippen molar-refractivity contribution in [1.29, 1.82) is 0 Å². The van der Waals surface area contributed by atoms with E-state index in [0.29, 0.717) is 18.4 Å². The molecule has 0 aliphatic rings. The molecule has 0 radical (unpaired) electrons. The van der Waals surface area contributed by atoms with Gasteiger partial charge in [0.25, 0.3) is 0 Å². The van der Waals surface area contributed by atoms with E-state index >= 15 is 0 Å². The Balaban J connectivity index is 1.69. The number of aryl methyl sites for hydroxylation is 1. The summed E-state index contributed by atoms with van der Waals surface area (Å²) in [5.41, 5.74) is 3.57. The fourth-order valence-corrected chi connectivity index (χ4v) is 3.26. The zero-order chi connectivity index (χ0) is 17.8. The highest BCUT2D eigenvalue weighted by Gasteiger charge is 2.13. The van der Waals surface area contributed by atoms with Gasteiger partial charge in [-0.2, -0.15) is 0 Å². The van der Waals surface area contributed by atoms with Crippen LogP contribution >= 0.6 is 0 Å². The molecular weight excluding hydrogens is 308 g/mol. The second-order valence-corrected chi connectivity index (χ2v) is 7.16. The summed E-state index contributed by atoms with van der Waals surface area (Å²) in [6.07, 6.45) is 0.965. The molecular formula is C22H28N2O. The highest BCUT2D eigenvalue weighted by atomic mass is 16.5.